The van der Waals surface area contributed by atoms with Gasteiger partial charge in [-0.2, -0.15) is 0 Å². The summed E-state index contributed by atoms with van der Waals surface area (Å²) in [5.74, 6) is -0.319. The number of halogens is 3. The van der Waals surface area contributed by atoms with Crippen LogP contribution < -0.4 is 5.32 Å². The van der Waals surface area contributed by atoms with Crippen molar-refractivity contribution in [3.05, 3.63) is 80.6 Å². The van der Waals surface area contributed by atoms with Crippen molar-refractivity contribution in [2.24, 2.45) is 0 Å². The monoisotopic (exact) mass is 488 g/mol. The molecular formula is C22H11Cl3N2OS2. The summed E-state index contributed by atoms with van der Waals surface area (Å²) in [6, 6.07) is 18.9. The second-order valence-electron chi connectivity index (χ2n) is 6.49. The Kier molecular flexibility index (Phi) is 5.17. The molecule has 0 unspecified atom stereocenters. The van der Waals surface area contributed by atoms with Gasteiger partial charge in [0.25, 0.3) is 5.91 Å². The lowest BCUT2D eigenvalue weighted by atomic mass is 10.2. The predicted molar refractivity (Wildman–Crippen MR) is 130 cm³/mol. The Balaban J connectivity index is 1.53. The fourth-order valence-electron chi connectivity index (χ4n) is 3.14. The molecule has 0 spiro atoms. The van der Waals surface area contributed by atoms with Gasteiger partial charge in [0.05, 0.1) is 31.0 Å². The van der Waals surface area contributed by atoms with Gasteiger partial charge in [0, 0.05) is 15.6 Å². The molecule has 3 aromatic carbocycles. The van der Waals surface area contributed by atoms with Crippen LogP contribution in [-0.4, -0.2) is 10.9 Å². The normalized spacial score (nSPS) is 11.3. The fourth-order valence-corrected chi connectivity index (χ4v) is 6.12. The van der Waals surface area contributed by atoms with Crippen LogP contribution in [0, 0.1) is 0 Å². The maximum absolute atomic E-state index is 12.9. The Morgan fingerprint density at radius 1 is 0.867 bits per heavy atom. The van der Waals surface area contributed by atoms with Crippen LogP contribution >= 0.6 is 57.5 Å². The largest absolute Gasteiger partial charge is 0.320 e. The molecule has 0 radical (unpaired) electrons. The number of anilines is 1. The van der Waals surface area contributed by atoms with Crippen LogP contribution in [-0.2, 0) is 0 Å². The number of aromatic nitrogens is 1. The number of nitrogens with zero attached hydrogens (tertiary/aromatic N) is 1. The molecule has 2 aromatic heterocycles. The molecule has 0 saturated carbocycles. The molecule has 5 aromatic rings. The van der Waals surface area contributed by atoms with Gasteiger partial charge in [-0.25, -0.2) is 4.98 Å². The molecular weight excluding hydrogens is 479 g/mol. The van der Waals surface area contributed by atoms with Crippen LogP contribution in [0.2, 0.25) is 15.1 Å². The van der Waals surface area contributed by atoms with Crippen LogP contribution in [0.25, 0.3) is 30.9 Å². The van der Waals surface area contributed by atoms with E-state index in [-0.39, 0.29) is 5.91 Å². The van der Waals surface area contributed by atoms with Crippen molar-refractivity contribution in [2.45, 2.75) is 0 Å². The van der Waals surface area contributed by atoms with E-state index >= 15 is 0 Å². The van der Waals surface area contributed by atoms with Gasteiger partial charge in [0.1, 0.15) is 9.88 Å². The van der Waals surface area contributed by atoms with Crippen LogP contribution in [0.5, 0.6) is 0 Å². The smallest absolute Gasteiger partial charge is 0.267 e. The summed E-state index contributed by atoms with van der Waals surface area (Å²) in [6.07, 6.45) is 0. The van der Waals surface area contributed by atoms with E-state index in [1.807, 2.05) is 48.5 Å². The van der Waals surface area contributed by atoms with Gasteiger partial charge < -0.3 is 5.32 Å². The molecule has 1 N–H and O–H groups in total. The van der Waals surface area contributed by atoms with E-state index in [4.69, 9.17) is 34.8 Å². The lowest BCUT2D eigenvalue weighted by Crippen LogP contribution is -2.11. The maximum Gasteiger partial charge on any atom is 0.267 e. The molecule has 0 atom stereocenters. The Morgan fingerprint density at radius 3 is 2.37 bits per heavy atom. The highest BCUT2D eigenvalue weighted by molar-refractivity contribution is 7.22. The molecule has 0 saturated heterocycles. The Labute approximate surface area is 194 Å². The number of thiazole rings is 1. The molecule has 0 fully saturated rings. The highest BCUT2D eigenvalue weighted by atomic mass is 35.5. The van der Waals surface area contributed by atoms with Crippen molar-refractivity contribution in [3.8, 4) is 10.6 Å². The molecule has 8 heteroatoms. The minimum atomic E-state index is -0.319. The van der Waals surface area contributed by atoms with Gasteiger partial charge in [-0.05, 0) is 30.3 Å². The van der Waals surface area contributed by atoms with Gasteiger partial charge in [0.2, 0.25) is 0 Å². The number of para-hydroxylation sites is 1. The van der Waals surface area contributed by atoms with Crippen molar-refractivity contribution in [2.75, 3.05) is 5.32 Å². The number of carbonyl (C=O) groups is 1. The number of nitrogens with one attached hydrogen (secondary N) is 1. The van der Waals surface area contributed by atoms with Crippen LogP contribution in [0.15, 0.2) is 60.7 Å². The van der Waals surface area contributed by atoms with E-state index in [1.165, 1.54) is 22.7 Å². The maximum atomic E-state index is 12.9. The first-order chi connectivity index (χ1) is 14.5. The standard InChI is InChI=1S/C22H11Cl3N2OS2/c23-13-10-14(24)16(9-12(13)22-27-15-6-2-4-8-18(15)30-22)26-21(28)20-19(25)11-5-1-3-7-17(11)29-20/h1-10H,(H,26,28). The van der Waals surface area contributed by atoms with Gasteiger partial charge in [-0.3, -0.25) is 4.79 Å². The SMILES string of the molecule is O=C(Nc1cc(-c2nc3ccccc3s2)c(Cl)cc1Cl)c1sc2ccccc2c1Cl. The third-order valence-electron chi connectivity index (χ3n) is 4.57. The summed E-state index contributed by atoms with van der Waals surface area (Å²) in [6.45, 7) is 0. The first-order valence-electron chi connectivity index (χ1n) is 8.84. The van der Waals surface area contributed by atoms with Gasteiger partial charge >= 0.3 is 0 Å². The number of fused-ring (bicyclic) bond motifs is 2. The summed E-state index contributed by atoms with van der Waals surface area (Å²) in [5, 5.41) is 5.73. The Bertz CT molecular complexity index is 1410. The van der Waals surface area contributed by atoms with Crippen molar-refractivity contribution in [1.82, 2.24) is 4.98 Å². The second kappa shape index (κ2) is 7.84. The number of carbonyl (C=O) groups excluding carboxylic acids is 1. The van der Waals surface area contributed by atoms with E-state index in [0.29, 0.717) is 31.2 Å². The van der Waals surface area contributed by atoms with Gasteiger partial charge in [-0.15, -0.1) is 22.7 Å². The third kappa shape index (κ3) is 3.47. The van der Waals surface area contributed by atoms with E-state index in [2.05, 4.69) is 10.3 Å². The number of rotatable bonds is 3. The van der Waals surface area contributed by atoms with Crippen molar-refractivity contribution in [1.29, 1.82) is 0 Å². The summed E-state index contributed by atoms with van der Waals surface area (Å²) >= 11 is 22.1. The zero-order chi connectivity index (χ0) is 20.8. The minimum Gasteiger partial charge on any atom is -0.320 e. The number of hydrogen-bond donors (Lipinski definition) is 1. The summed E-state index contributed by atoms with van der Waals surface area (Å²) in [4.78, 5) is 18.0. The fraction of sp³-hybridized carbons (Fsp3) is 0. The van der Waals surface area contributed by atoms with Gasteiger partial charge in [-0.1, -0.05) is 65.1 Å². The van der Waals surface area contributed by atoms with E-state index in [1.54, 1.807) is 12.1 Å². The summed E-state index contributed by atoms with van der Waals surface area (Å²) in [7, 11) is 0. The highest BCUT2D eigenvalue weighted by Gasteiger charge is 2.19. The van der Waals surface area contributed by atoms with Crippen molar-refractivity contribution >= 4 is 89.4 Å². The molecule has 0 aliphatic carbocycles. The Hall–Kier alpha value is -2.15. The molecule has 1 amide bonds. The average Bonchev–Trinajstić information content (AvgIpc) is 3.31. The summed E-state index contributed by atoms with van der Waals surface area (Å²) in [5.41, 5.74) is 2.06. The number of amides is 1. The van der Waals surface area contributed by atoms with E-state index in [0.717, 1.165) is 25.3 Å². The zero-order valence-corrected chi connectivity index (χ0v) is 19.0. The Morgan fingerprint density at radius 2 is 1.60 bits per heavy atom. The lowest BCUT2D eigenvalue weighted by Gasteiger charge is -2.10. The first-order valence-corrected chi connectivity index (χ1v) is 11.6. The quantitative estimate of drug-likeness (QED) is 0.276. The number of thiophene rings is 1. The van der Waals surface area contributed by atoms with E-state index < -0.39 is 0 Å². The lowest BCUT2D eigenvalue weighted by molar-refractivity contribution is 0.103. The minimum absolute atomic E-state index is 0.319. The number of benzene rings is 3. The third-order valence-corrected chi connectivity index (χ3v) is 7.94. The molecule has 0 aliphatic heterocycles. The predicted octanol–water partition coefficient (Wildman–Crippen LogP) is 8.39. The first kappa shape index (κ1) is 19.8. The average molecular weight is 490 g/mol. The van der Waals surface area contributed by atoms with Crippen LogP contribution in [0.1, 0.15) is 9.67 Å². The zero-order valence-electron chi connectivity index (χ0n) is 15.1. The number of hydrogen-bond acceptors (Lipinski definition) is 4. The molecule has 30 heavy (non-hydrogen) atoms. The molecule has 0 bridgehead atoms. The molecule has 0 aliphatic rings. The van der Waals surface area contributed by atoms with Gasteiger partial charge in [0.15, 0.2) is 0 Å². The topological polar surface area (TPSA) is 42.0 Å². The molecule has 148 valence electrons. The molecule has 5 rings (SSSR count). The van der Waals surface area contributed by atoms with Crippen molar-refractivity contribution in [3.63, 3.8) is 0 Å². The summed E-state index contributed by atoms with van der Waals surface area (Å²) < 4.78 is 2.01. The van der Waals surface area contributed by atoms with E-state index in [9.17, 15) is 4.79 Å². The second-order valence-corrected chi connectivity index (χ2v) is 9.77. The van der Waals surface area contributed by atoms with Crippen LogP contribution in [0.4, 0.5) is 5.69 Å². The van der Waals surface area contributed by atoms with Crippen molar-refractivity contribution < 1.29 is 4.79 Å². The highest BCUT2D eigenvalue weighted by Crippen LogP contribution is 2.40. The molecule has 2 heterocycles. The van der Waals surface area contributed by atoms with Crippen LogP contribution in [0.3, 0.4) is 0 Å². The molecule has 3 nitrogen and oxygen atoms in total.